The van der Waals surface area contributed by atoms with Gasteiger partial charge >= 0.3 is 0 Å². The standard InChI is InChI=1S/C13H25N3O2/c1-10(5-3-6-11(2)14)13(18)16-8-4-7-15-12(17)9-16/h10-11H,3-9,14H2,1-2H3,(H,15,17). The number of hydrogen-bond donors (Lipinski definition) is 2. The maximum absolute atomic E-state index is 12.2. The number of nitrogens with two attached hydrogens (primary N) is 1. The molecule has 1 rings (SSSR count). The molecule has 0 aliphatic carbocycles. The molecule has 0 saturated carbocycles. The van der Waals surface area contributed by atoms with Crippen molar-refractivity contribution in [2.24, 2.45) is 11.7 Å². The van der Waals surface area contributed by atoms with Gasteiger partial charge in [-0.3, -0.25) is 9.59 Å². The van der Waals surface area contributed by atoms with Crippen molar-refractivity contribution in [1.29, 1.82) is 0 Å². The number of nitrogens with zero attached hydrogens (tertiary/aromatic N) is 1. The van der Waals surface area contributed by atoms with Crippen LogP contribution < -0.4 is 11.1 Å². The Bertz CT molecular complexity index is 292. The molecule has 5 nitrogen and oxygen atoms in total. The summed E-state index contributed by atoms with van der Waals surface area (Å²) in [5, 5.41) is 2.78. The van der Waals surface area contributed by atoms with Crippen LogP contribution in [0.15, 0.2) is 0 Å². The zero-order valence-electron chi connectivity index (χ0n) is 11.4. The van der Waals surface area contributed by atoms with Crippen LogP contribution in [0.2, 0.25) is 0 Å². The summed E-state index contributed by atoms with van der Waals surface area (Å²) >= 11 is 0. The Kier molecular flexibility index (Phi) is 6.12. The molecular formula is C13H25N3O2. The summed E-state index contributed by atoms with van der Waals surface area (Å²) in [6.07, 6.45) is 3.59. The predicted molar refractivity (Wildman–Crippen MR) is 70.9 cm³/mol. The molecular weight excluding hydrogens is 230 g/mol. The van der Waals surface area contributed by atoms with E-state index in [1.165, 1.54) is 0 Å². The average Bonchev–Trinajstić information content (AvgIpc) is 2.52. The predicted octanol–water partition coefficient (Wildman–Crippen LogP) is 0.489. The number of hydrogen-bond acceptors (Lipinski definition) is 3. The molecule has 2 unspecified atom stereocenters. The molecule has 104 valence electrons. The monoisotopic (exact) mass is 255 g/mol. The number of nitrogens with one attached hydrogen (secondary N) is 1. The molecule has 0 aromatic carbocycles. The van der Waals surface area contributed by atoms with E-state index in [0.717, 1.165) is 25.7 Å². The molecule has 1 aliphatic heterocycles. The quantitative estimate of drug-likeness (QED) is 0.750. The van der Waals surface area contributed by atoms with Crippen LogP contribution in [0.5, 0.6) is 0 Å². The molecule has 2 atom stereocenters. The summed E-state index contributed by atoms with van der Waals surface area (Å²) in [5.74, 6) is 0.0232. The Morgan fingerprint density at radius 1 is 1.44 bits per heavy atom. The molecule has 1 heterocycles. The maximum Gasteiger partial charge on any atom is 0.239 e. The van der Waals surface area contributed by atoms with Gasteiger partial charge in [-0.1, -0.05) is 13.3 Å². The summed E-state index contributed by atoms with van der Waals surface area (Å²) < 4.78 is 0. The first-order valence-corrected chi connectivity index (χ1v) is 6.81. The van der Waals surface area contributed by atoms with Crippen molar-refractivity contribution in [1.82, 2.24) is 10.2 Å². The van der Waals surface area contributed by atoms with Crippen LogP contribution in [0, 0.1) is 5.92 Å². The van der Waals surface area contributed by atoms with E-state index in [1.807, 2.05) is 13.8 Å². The molecule has 3 N–H and O–H groups in total. The summed E-state index contributed by atoms with van der Waals surface area (Å²) in [6, 6.07) is 0.191. The van der Waals surface area contributed by atoms with E-state index in [-0.39, 0.29) is 30.3 Å². The minimum atomic E-state index is -0.0522. The van der Waals surface area contributed by atoms with Gasteiger partial charge in [-0.05, 0) is 26.2 Å². The van der Waals surface area contributed by atoms with Gasteiger partial charge in [-0.15, -0.1) is 0 Å². The van der Waals surface area contributed by atoms with Crippen LogP contribution in [0.4, 0.5) is 0 Å². The van der Waals surface area contributed by atoms with Crippen LogP contribution in [0.1, 0.15) is 39.5 Å². The van der Waals surface area contributed by atoms with Crippen molar-refractivity contribution in [3.05, 3.63) is 0 Å². The molecule has 0 aromatic rings. The zero-order chi connectivity index (χ0) is 13.5. The van der Waals surface area contributed by atoms with Crippen LogP contribution in [-0.2, 0) is 9.59 Å². The number of amides is 2. The minimum absolute atomic E-state index is 0.0188. The molecule has 1 fully saturated rings. The SMILES string of the molecule is CC(N)CCCC(C)C(=O)N1CCCNC(=O)C1. The molecule has 0 radical (unpaired) electrons. The Morgan fingerprint density at radius 2 is 2.17 bits per heavy atom. The molecule has 0 bridgehead atoms. The second-order valence-electron chi connectivity index (χ2n) is 5.27. The van der Waals surface area contributed by atoms with E-state index < -0.39 is 0 Å². The molecule has 0 spiro atoms. The summed E-state index contributed by atoms with van der Waals surface area (Å²) in [6.45, 7) is 5.46. The Morgan fingerprint density at radius 3 is 2.83 bits per heavy atom. The Hall–Kier alpha value is -1.10. The summed E-state index contributed by atoms with van der Waals surface area (Å²) in [7, 11) is 0. The number of rotatable bonds is 5. The lowest BCUT2D eigenvalue weighted by Crippen LogP contribution is -2.40. The number of carbonyl (C=O) groups is 2. The van der Waals surface area contributed by atoms with Crippen molar-refractivity contribution in [2.75, 3.05) is 19.6 Å². The van der Waals surface area contributed by atoms with E-state index in [1.54, 1.807) is 4.90 Å². The molecule has 0 aromatic heterocycles. The zero-order valence-corrected chi connectivity index (χ0v) is 11.4. The van der Waals surface area contributed by atoms with E-state index in [2.05, 4.69) is 5.32 Å². The van der Waals surface area contributed by atoms with E-state index in [0.29, 0.717) is 13.1 Å². The van der Waals surface area contributed by atoms with Gasteiger partial charge in [0.05, 0.1) is 6.54 Å². The molecule has 18 heavy (non-hydrogen) atoms. The van der Waals surface area contributed by atoms with Gasteiger partial charge < -0.3 is 16.0 Å². The topological polar surface area (TPSA) is 75.4 Å². The third-order valence-electron chi connectivity index (χ3n) is 3.29. The van der Waals surface area contributed by atoms with Gasteiger partial charge in [0.2, 0.25) is 11.8 Å². The van der Waals surface area contributed by atoms with Crippen LogP contribution in [-0.4, -0.2) is 42.4 Å². The summed E-state index contributed by atoms with van der Waals surface area (Å²) in [5.41, 5.74) is 5.69. The van der Waals surface area contributed by atoms with Gasteiger partial charge in [0, 0.05) is 25.0 Å². The lowest BCUT2D eigenvalue weighted by Gasteiger charge is -2.23. The largest absolute Gasteiger partial charge is 0.354 e. The molecule has 5 heteroatoms. The van der Waals surface area contributed by atoms with Gasteiger partial charge in [-0.2, -0.15) is 0 Å². The maximum atomic E-state index is 12.2. The average molecular weight is 255 g/mol. The van der Waals surface area contributed by atoms with Crippen LogP contribution in [0.25, 0.3) is 0 Å². The van der Waals surface area contributed by atoms with Crippen molar-refractivity contribution in [3.8, 4) is 0 Å². The highest BCUT2D eigenvalue weighted by Crippen LogP contribution is 2.13. The first kappa shape index (κ1) is 15.0. The highest BCUT2D eigenvalue weighted by Gasteiger charge is 2.23. The second kappa shape index (κ2) is 7.36. The summed E-state index contributed by atoms with van der Waals surface area (Å²) in [4.78, 5) is 25.3. The first-order valence-electron chi connectivity index (χ1n) is 6.81. The Balaban J connectivity index is 2.39. The fraction of sp³-hybridized carbons (Fsp3) is 0.846. The van der Waals surface area contributed by atoms with Gasteiger partial charge in [0.1, 0.15) is 0 Å². The van der Waals surface area contributed by atoms with Crippen LogP contribution >= 0.6 is 0 Å². The second-order valence-corrected chi connectivity index (χ2v) is 5.27. The van der Waals surface area contributed by atoms with Gasteiger partial charge in [0.25, 0.3) is 0 Å². The van der Waals surface area contributed by atoms with Crippen molar-refractivity contribution >= 4 is 11.8 Å². The van der Waals surface area contributed by atoms with E-state index >= 15 is 0 Å². The highest BCUT2D eigenvalue weighted by molar-refractivity contribution is 5.86. The molecule has 1 aliphatic rings. The lowest BCUT2D eigenvalue weighted by atomic mass is 10.0. The molecule has 1 saturated heterocycles. The lowest BCUT2D eigenvalue weighted by molar-refractivity contribution is -0.138. The first-order chi connectivity index (χ1) is 8.50. The van der Waals surface area contributed by atoms with Crippen LogP contribution in [0.3, 0.4) is 0 Å². The van der Waals surface area contributed by atoms with E-state index in [4.69, 9.17) is 5.73 Å². The smallest absolute Gasteiger partial charge is 0.239 e. The number of carbonyl (C=O) groups excluding carboxylic acids is 2. The third-order valence-corrected chi connectivity index (χ3v) is 3.29. The third kappa shape index (κ3) is 5.04. The minimum Gasteiger partial charge on any atom is -0.354 e. The molecule has 2 amide bonds. The van der Waals surface area contributed by atoms with Gasteiger partial charge in [-0.25, -0.2) is 0 Å². The van der Waals surface area contributed by atoms with Crippen molar-refractivity contribution < 1.29 is 9.59 Å². The fourth-order valence-corrected chi connectivity index (χ4v) is 2.18. The van der Waals surface area contributed by atoms with E-state index in [9.17, 15) is 9.59 Å². The fourth-order valence-electron chi connectivity index (χ4n) is 2.18. The van der Waals surface area contributed by atoms with Crippen molar-refractivity contribution in [3.63, 3.8) is 0 Å². The van der Waals surface area contributed by atoms with Crippen molar-refractivity contribution in [2.45, 2.75) is 45.6 Å². The Labute approximate surface area is 109 Å². The normalized spacial score (nSPS) is 19.9. The highest BCUT2D eigenvalue weighted by atomic mass is 16.2. The van der Waals surface area contributed by atoms with Gasteiger partial charge in [0.15, 0.2) is 0 Å².